The van der Waals surface area contributed by atoms with Crippen molar-refractivity contribution < 1.29 is 4.74 Å². The zero-order chi connectivity index (χ0) is 15.6. The summed E-state index contributed by atoms with van der Waals surface area (Å²) in [6.07, 6.45) is 5.36. The van der Waals surface area contributed by atoms with E-state index in [9.17, 15) is 0 Å². The van der Waals surface area contributed by atoms with Gasteiger partial charge >= 0.3 is 0 Å². The SMILES string of the molecule is CCCCCOc1ccc(CNCc2ccc(Cl)nc2)cc1. The Bertz CT molecular complexity index is 540. The minimum atomic E-state index is 0.526. The maximum atomic E-state index is 5.77. The number of hydrogen-bond donors (Lipinski definition) is 1. The predicted octanol–water partition coefficient (Wildman–Crippen LogP) is 4.59. The molecule has 0 atom stereocenters. The molecule has 0 amide bonds. The molecule has 0 bridgehead atoms. The molecule has 0 aliphatic heterocycles. The first-order valence-electron chi connectivity index (χ1n) is 7.81. The molecule has 3 nitrogen and oxygen atoms in total. The van der Waals surface area contributed by atoms with E-state index in [0.717, 1.165) is 37.4 Å². The van der Waals surface area contributed by atoms with Crippen LogP contribution in [0, 0.1) is 0 Å². The molecule has 0 radical (unpaired) electrons. The Balaban J connectivity index is 1.70. The molecule has 0 saturated carbocycles. The molecule has 0 spiro atoms. The number of halogens is 1. The number of ether oxygens (including phenoxy) is 1. The third-order valence-corrected chi connectivity index (χ3v) is 3.61. The molecular formula is C18H23ClN2O. The van der Waals surface area contributed by atoms with Crippen molar-refractivity contribution in [2.24, 2.45) is 0 Å². The van der Waals surface area contributed by atoms with Crippen LogP contribution < -0.4 is 10.1 Å². The Kier molecular flexibility index (Phi) is 7.20. The first kappa shape index (κ1) is 16.8. The molecule has 1 N–H and O–H groups in total. The molecule has 1 aromatic carbocycles. The summed E-state index contributed by atoms with van der Waals surface area (Å²) in [5, 5.41) is 3.92. The van der Waals surface area contributed by atoms with Gasteiger partial charge in [-0.05, 0) is 35.7 Å². The fraction of sp³-hybridized carbons (Fsp3) is 0.389. The van der Waals surface area contributed by atoms with E-state index in [2.05, 4.69) is 29.4 Å². The number of rotatable bonds is 9. The van der Waals surface area contributed by atoms with E-state index in [1.165, 1.54) is 18.4 Å². The maximum Gasteiger partial charge on any atom is 0.129 e. The molecule has 4 heteroatoms. The molecule has 22 heavy (non-hydrogen) atoms. The third-order valence-electron chi connectivity index (χ3n) is 3.39. The fourth-order valence-electron chi connectivity index (χ4n) is 2.11. The van der Waals surface area contributed by atoms with Crippen molar-refractivity contribution in [1.29, 1.82) is 0 Å². The van der Waals surface area contributed by atoms with Crippen LogP contribution in [0.1, 0.15) is 37.3 Å². The number of unbranched alkanes of at least 4 members (excludes halogenated alkanes) is 2. The van der Waals surface area contributed by atoms with Crippen LogP contribution in [-0.4, -0.2) is 11.6 Å². The Labute approximate surface area is 137 Å². The molecule has 2 aromatic rings. The van der Waals surface area contributed by atoms with E-state index in [0.29, 0.717) is 5.15 Å². The average Bonchev–Trinajstić information content (AvgIpc) is 2.55. The van der Waals surface area contributed by atoms with Crippen LogP contribution in [0.2, 0.25) is 5.15 Å². The lowest BCUT2D eigenvalue weighted by Gasteiger charge is -2.08. The molecule has 0 aliphatic rings. The van der Waals surface area contributed by atoms with Gasteiger partial charge in [-0.2, -0.15) is 0 Å². The van der Waals surface area contributed by atoms with Crippen LogP contribution in [0.25, 0.3) is 0 Å². The number of aromatic nitrogens is 1. The van der Waals surface area contributed by atoms with Gasteiger partial charge in [0.25, 0.3) is 0 Å². The van der Waals surface area contributed by atoms with Gasteiger partial charge < -0.3 is 10.1 Å². The van der Waals surface area contributed by atoms with Gasteiger partial charge in [-0.3, -0.25) is 0 Å². The molecule has 118 valence electrons. The van der Waals surface area contributed by atoms with E-state index in [1.54, 1.807) is 6.20 Å². The molecule has 0 saturated heterocycles. The predicted molar refractivity (Wildman–Crippen MR) is 91.3 cm³/mol. The highest BCUT2D eigenvalue weighted by molar-refractivity contribution is 6.29. The number of nitrogens with one attached hydrogen (secondary N) is 1. The minimum Gasteiger partial charge on any atom is -0.494 e. The topological polar surface area (TPSA) is 34.1 Å². The summed E-state index contributed by atoms with van der Waals surface area (Å²) in [5.41, 5.74) is 2.36. The van der Waals surface area contributed by atoms with Gasteiger partial charge in [0.1, 0.15) is 10.9 Å². The summed E-state index contributed by atoms with van der Waals surface area (Å²) in [4.78, 5) is 4.07. The van der Waals surface area contributed by atoms with Crippen molar-refractivity contribution >= 4 is 11.6 Å². The van der Waals surface area contributed by atoms with Crippen molar-refractivity contribution in [1.82, 2.24) is 10.3 Å². The van der Waals surface area contributed by atoms with Crippen molar-refractivity contribution in [3.05, 3.63) is 58.9 Å². The summed E-state index contributed by atoms with van der Waals surface area (Å²) in [7, 11) is 0. The fourth-order valence-corrected chi connectivity index (χ4v) is 2.22. The Morgan fingerprint density at radius 1 is 1.00 bits per heavy atom. The Hall–Kier alpha value is -1.58. The van der Waals surface area contributed by atoms with Crippen LogP contribution in [0.4, 0.5) is 0 Å². The lowest BCUT2D eigenvalue weighted by atomic mass is 10.2. The molecule has 0 unspecified atom stereocenters. The number of benzene rings is 1. The average molecular weight is 319 g/mol. The van der Waals surface area contributed by atoms with Crippen LogP contribution in [-0.2, 0) is 13.1 Å². The monoisotopic (exact) mass is 318 g/mol. The highest BCUT2D eigenvalue weighted by Crippen LogP contribution is 2.13. The second-order valence-electron chi connectivity index (χ2n) is 5.29. The van der Waals surface area contributed by atoms with E-state index in [4.69, 9.17) is 16.3 Å². The van der Waals surface area contributed by atoms with Crippen molar-refractivity contribution in [2.45, 2.75) is 39.3 Å². The molecule has 0 fully saturated rings. The molecule has 1 heterocycles. The molecule has 0 aliphatic carbocycles. The van der Waals surface area contributed by atoms with Crippen molar-refractivity contribution in [3.63, 3.8) is 0 Å². The van der Waals surface area contributed by atoms with Crippen LogP contribution in [0.15, 0.2) is 42.6 Å². The maximum absolute atomic E-state index is 5.77. The molecule has 2 rings (SSSR count). The van der Waals surface area contributed by atoms with E-state index in [-0.39, 0.29) is 0 Å². The number of nitrogens with zero attached hydrogens (tertiary/aromatic N) is 1. The lowest BCUT2D eigenvalue weighted by molar-refractivity contribution is 0.306. The van der Waals surface area contributed by atoms with Crippen LogP contribution in [0.5, 0.6) is 5.75 Å². The van der Waals surface area contributed by atoms with Gasteiger partial charge in [0.05, 0.1) is 6.61 Å². The second-order valence-corrected chi connectivity index (χ2v) is 5.68. The molecular weight excluding hydrogens is 296 g/mol. The second kappa shape index (κ2) is 9.44. The van der Waals surface area contributed by atoms with Gasteiger partial charge in [-0.1, -0.05) is 49.6 Å². The van der Waals surface area contributed by atoms with E-state index < -0.39 is 0 Å². The summed E-state index contributed by atoms with van der Waals surface area (Å²) in [6, 6.07) is 12.1. The van der Waals surface area contributed by atoms with Gasteiger partial charge in [0.15, 0.2) is 0 Å². The number of hydrogen-bond acceptors (Lipinski definition) is 3. The van der Waals surface area contributed by atoms with Gasteiger partial charge in [-0.15, -0.1) is 0 Å². The molecule has 1 aromatic heterocycles. The summed E-state index contributed by atoms with van der Waals surface area (Å²) in [6.45, 7) is 4.59. The van der Waals surface area contributed by atoms with Crippen LogP contribution in [0.3, 0.4) is 0 Å². The standard InChI is InChI=1S/C18H23ClN2O/c1-2-3-4-11-22-17-8-5-15(6-9-17)12-20-13-16-7-10-18(19)21-14-16/h5-10,14,20H,2-4,11-13H2,1H3. The van der Waals surface area contributed by atoms with Crippen molar-refractivity contribution in [2.75, 3.05) is 6.61 Å². The minimum absolute atomic E-state index is 0.526. The summed E-state index contributed by atoms with van der Waals surface area (Å²) in [5.74, 6) is 0.946. The normalized spacial score (nSPS) is 10.6. The van der Waals surface area contributed by atoms with E-state index >= 15 is 0 Å². The summed E-state index contributed by atoms with van der Waals surface area (Å²) < 4.78 is 5.71. The highest BCUT2D eigenvalue weighted by atomic mass is 35.5. The quantitative estimate of drug-likeness (QED) is 0.542. The van der Waals surface area contributed by atoms with Gasteiger partial charge in [0, 0.05) is 19.3 Å². The largest absolute Gasteiger partial charge is 0.494 e. The first-order valence-corrected chi connectivity index (χ1v) is 8.18. The van der Waals surface area contributed by atoms with Gasteiger partial charge in [-0.25, -0.2) is 4.98 Å². The smallest absolute Gasteiger partial charge is 0.129 e. The highest BCUT2D eigenvalue weighted by Gasteiger charge is 1.98. The Morgan fingerprint density at radius 2 is 1.73 bits per heavy atom. The first-order chi connectivity index (χ1) is 10.8. The van der Waals surface area contributed by atoms with Gasteiger partial charge in [0.2, 0.25) is 0 Å². The van der Waals surface area contributed by atoms with Crippen molar-refractivity contribution in [3.8, 4) is 5.75 Å². The lowest BCUT2D eigenvalue weighted by Crippen LogP contribution is -2.12. The zero-order valence-corrected chi connectivity index (χ0v) is 13.8. The number of pyridine rings is 1. The zero-order valence-electron chi connectivity index (χ0n) is 13.0. The van der Waals surface area contributed by atoms with E-state index in [1.807, 2.05) is 24.3 Å². The third kappa shape index (κ3) is 6.04. The van der Waals surface area contributed by atoms with Crippen LogP contribution >= 0.6 is 11.6 Å². The Morgan fingerprint density at radius 3 is 2.41 bits per heavy atom. The summed E-state index contributed by atoms with van der Waals surface area (Å²) >= 11 is 5.77.